The Balaban J connectivity index is 2.45. The Bertz CT molecular complexity index is 290. The van der Waals surface area contributed by atoms with Crippen LogP contribution in [0.2, 0.25) is 0 Å². The maximum absolute atomic E-state index is 11.3. The second kappa shape index (κ2) is 5.29. The van der Waals surface area contributed by atoms with Crippen molar-refractivity contribution < 1.29 is 9.53 Å². The summed E-state index contributed by atoms with van der Waals surface area (Å²) in [7, 11) is 0. The maximum Gasteiger partial charge on any atom is 0.361 e. The first kappa shape index (κ1) is 10.6. The van der Waals surface area contributed by atoms with Gasteiger partial charge < -0.3 is 4.74 Å². The molecule has 1 rings (SSSR count). The van der Waals surface area contributed by atoms with Gasteiger partial charge in [0, 0.05) is 0 Å². The fourth-order valence-electron chi connectivity index (χ4n) is 0.678. The lowest BCUT2D eigenvalue weighted by Gasteiger charge is -2.00. The average Bonchev–Trinajstić information content (AvgIpc) is 2.52. The van der Waals surface area contributed by atoms with Gasteiger partial charge in [-0.3, -0.25) is 0 Å². The Morgan fingerprint density at radius 1 is 1.69 bits per heavy atom. The van der Waals surface area contributed by atoms with Gasteiger partial charge in [-0.15, -0.1) is 5.10 Å². The molecule has 0 radical (unpaired) electrons. The summed E-state index contributed by atoms with van der Waals surface area (Å²) in [6, 6.07) is 0. The zero-order valence-electron chi connectivity index (χ0n) is 7.12. The van der Waals surface area contributed by atoms with Gasteiger partial charge in [-0.1, -0.05) is 17.8 Å². The highest BCUT2D eigenvalue weighted by Gasteiger charge is 2.15. The van der Waals surface area contributed by atoms with Crippen molar-refractivity contribution in [3.05, 3.63) is 9.48 Å². The SMILES string of the molecule is CCCCOC(=O)c1nnsc1Br. The van der Waals surface area contributed by atoms with Crippen molar-refractivity contribution in [2.75, 3.05) is 6.61 Å². The number of aromatic nitrogens is 2. The molecule has 0 aliphatic carbocycles. The summed E-state index contributed by atoms with van der Waals surface area (Å²) < 4.78 is 9.18. The summed E-state index contributed by atoms with van der Waals surface area (Å²) in [6.45, 7) is 2.48. The van der Waals surface area contributed by atoms with Gasteiger partial charge >= 0.3 is 5.97 Å². The van der Waals surface area contributed by atoms with Crippen LogP contribution < -0.4 is 0 Å². The molecule has 0 fully saturated rings. The van der Waals surface area contributed by atoms with E-state index in [0.29, 0.717) is 10.4 Å². The molecule has 1 heterocycles. The van der Waals surface area contributed by atoms with Gasteiger partial charge in [0.1, 0.15) is 3.79 Å². The van der Waals surface area contributed by atoms with E-state index in [2.05, 4.69) is 25.5 Å². The summed E-state index contributed by atoms with van der Waals surface area (Å²) in [4.78, 5) is 11.3. The number of carbonyl (C=O) groups is 1. The van der Waals surface area contributed by atoms with E-state index in [1.807, 2.05) is 6.92 Å². The van der Waals surface area contributed by atoms with Crippen molar-refractivity contribution in [3.8, 4) is 0 Å². The van der Waals surface area contributed by atoms with Crippen LogP contribution in [0.25, 0.3) is 0 Å². The van der Waals surface area contributed by atoms with Crippen LogP contribution >= 0.6 is 27.5 Å². The van der Waals surface area contributed by atoms with Gasteiger partial charge in [-0.2, -0.15) is 0 Å². The van der Waals surface area contributed by atoms with E-state index in [-0.39, 0.29) is 5.69 Å². The molecular formula is C7H9BrN2O2S. The van der Waals surface area contributed by atoms with E-state index in [0.717, 1.165) is 24.4 Å². The number of carbonyl (C=O) groups excluding carboxylic acids is 1. The molecule has 4 nitrogen and oxygen atoms in total. The first-order valence-electron chi connectivity index (χ1n) is 3.90. The zero-order chi connectivity index (χ0) is 9.68. The third-order valence-corrected chi connectivity index (χ3v) is 2.70. The van der Waals surface area contributed by atoms with Gasteiger partial charge in [0.25, 0.3) is 0 Å². The number of unbranched alkanes of at least 4 members (excludes halogenated alkanes) is 1. The van der Waals surface area contributed by atoms with Crippen molar-refractivity contribution >= 4 is 33.4 Å². The van der Waals surface area contributed by atoms with Crippen LogP contribution in [0, 0.1) is 0 Å². The molecule has 0 unspecified atom stereocenters. The topological polar surface area (TPSA) is 52.1 Å². The number of nitrogens with zero attached hydrogens (tertiary/aromatic N) is 2. The highest BCUT2D eigenvalue weighted by atomic mass is 79.9. The molecule has 13 heavy (non-hydrogen) atoms. The number of esters is 1. The van der Waals surface area contributed by atoms with Gasteiger partial charge in [0.15, 0.2) is 5.69 Å². The molecule has 0 aromatic carbocycles. The lowest BCUT2D eigenvalue weighted by Crippen LogP contribution is -2.07. The van der Waals surface area contributed by atoms with Crippen molar-refractivity contribution in [2.24, 2.45) is 0 Å². The Labute approximate surface area is 88.6 Å². The first-order valence-corrected chi connectivity index (χ1v) is 5.47. The quantitative estimate of drug-likeness (QED) is 0.619. The van der Waals surface area contributed by atoms with E-state index in [1.165, 1.54) is 0 Å². The molecule has 6 heteroatoms. The summed E-state index contributed by atoms with van der Waals surface area (Å²) in [5, 5.41) is 3.64. The highest BCUT2D eigenvalue weighted by molar-refractivity contribution is 9.11. The Kier molecular flexibility index (Phi) is 4.31. The molecule has 0 amide bonds. The molecule has 0 saturated carbocycles. The third kappa shape index (κ3) is 3.04. The summed E-state index contributed by atoms with van der Waals surface area (Å²) >= 11 is 4.30. The Hall–Kier alpha value is -0.490. The van der Waals surface area contributed by atoms with Crippen LogP contribution in [0.5, 0.6) is 0 Å². The Morgan fingerprint density at radius 2 is 2.46 bits per heavy atom. The van der Waals surface area contributed by atoms with Crippen molar-refractivity contribution in [2.45, 2.75) is 19.8 Å². The van der Waals surface area contributed by atoms with Crippen molar-refractivity contribution in [1.82, 2.24) is 9.59 Å². The van der Waals surface area contributed by atoms with Crippen LogP contribution in [-0.2, 0) is 4.74 Å². The zero-order valence-corrected chi connectivity index (χ0v) is 9.52. The van der Waals surface area contributed by atoms with Gasteiger partial charge in [0.2, 0.25) is 0 Å². The minimum absolute atomic E-state index is 0.265. The highest BCUT2D eigenvalue weighted by Crippen LogP contribution is 2.18. The monoisotopic (exact) mass is 264 g/mol. The van der Waals surface area contributed by atoms with Crippen LogP contribution in [0.15, 0.2) is 3.79 Å². The number of ether oxygens (including phenoxy) is 1. The van der Waals surface area contributed by atoms with E-state index >= 15 is 0 Å². The fraction of sp³-hybridized carbons (Fsp3) is 0.571. The standard InChI is InChI=1S/C7H9BrN2O2S/c1-2-3-4-12-7(11)5-6(8)13-10-9-5/h2-4H2,1H3. The van der Waals surface area contributed by atoms with E-state index in [9.17, 15) is 4.79 Å². The van der Waals surface area contributed by atoms with Crippen LogP contribution in [0.1, 0.15) is 30.3 Å². The molecule has 72 valence electrons. The van der Waals surface area contributed by atoms with Crippen LogP contribution in [0.4, 0.5) is 0 Å². The largest absolute Gasteiger partial charge is 0.461 e. The van der Waals surface area contributed by atoms with Gasteiger partial charge in [0.05, 0.1) is 6.61 Å². The average molecular weight is 265 g/mol. The first-order chi connectivity index (χ1) is 6.25. The molecular weight excluding hydrogens is 256 g/mol. The van der Waals surface area contributed by atoms with Crippen LogP contribution in [-0.4, -0.2) is 22.2 Å². The van der Waals surface area contributed by atoms with Gasteiger partial charge in [-0.25, -0.2) is 4.79 Å². The molecule has 1 aromatic rings. The van der Waals surface area contributed by atoms with Crippen LogP contribution in [0.3, 0.4) is 0 Å². The molecule has 0 spiro atoms. The summed E-state index contributed by atoms with van der Waals surface area (Å²) in [6.07, 6.45) is 1.88. The molecule has 0 aliphatic heterocycles. The lowest BCUT2D eigenvalue weighted by molar-refractivity contribution is 0.0492. The fourth-order valence-corrected chi connectivity index (χ4v) is 1.52. The van der Waals surface area contributed by atoms with E-state index in [1.54, 1.807) is 0 Å². The molecule has 0 bridgehead atoms. The summed E-state index contributed by atoms with van der Waals surface area (Å²) in [5.74, 6) is -0.408. The molecule has 0 saturated heterocycles. The van der Waals surface area contributed by atoms with E-state index < -0.39 is 5.97 Å². The Morgan fingerprint density at radius 3 is 3.00 bits per heavy atom. The van der Waals surface area contributed by atoms with Crippen molar-refractivity contribution in [1.29, 1.82) is 0 Å². The minimum atomic E-state index is -0.408. The molecule has 1 aromatic heterocycles. The molecule has 0 atom stereocenters. The normalized spacial score (nSPS) is 10.0. The van der Waals surface area contributed by atoms with E-state index in [4.69, 9.17) is 4.74 Å². The lowest BCUT2D eigenvalue weighted by atomic mass is 10.4. The smallest absolute Gasteiger partial charge is 0.361 e. The summed E-state index contributed by atoms with van der Waals surface area (Å²) in [5.41, 5.74) is 0.265. The number of hydrogen-bond donors (Lipinski definition) is 0. The second-order valence-electron chi connectivity index (χ2n) is 2.38. The number of rotatable bonds is 4. The second-order valence-corrected chi connectivity index (χ2v) is 4.46. The van der Waals surface area contributed by atoms with Crippen molar-refractivity contribution in [3.63, 3.8) is 0 Å². The van der Waals surface area contributed by atoms with Gasteiger partial charge in [-0.05, 0) is 33.9 Å². The maximum atomic E-state index is 11.3. The predicted octanol–water partition coefficient (Wildman–Crippen LogP) is 2.26. The number of halogens is 1. The third-order valence-electron chi connectivity index (χ3n) is 1.37. The predicted molar refractivity (Wildman–Crippen MR) is 52.8 cm³/mol. The number of hydrogen-bond acceptors (Lipinski definition) is 5. The molecule has 0 N–H and O–H groups in total. The minimum Gasteiger partial charge on any atom is -0.461 e. The molecule has 0 aliphatic rings.